The van der Waals surface area contributed by atoms with Crippen molar-refractivity contribution < 1.29 is 4.79 Å². The summed E-state index contributed by atoms with van der Waals surface area (Å²) in [5.74, 6) is 0.0885. The molecule has 2 rings (SSSR count). The number of benzene rings is 1. The average molecular weight is 222 g/mol. The van der Waals surface area contributed by atoms with Crippen LogP contribution in [0, 0.1) is 0 Å². The van der Waals surface area contributed by atoms with E-state index in [4.69, 9.17) is 11.6 Å². The van der Waals surface area contributed by atoms with Crippen molar-refractivity contribution in [2.24, 2.45) is 0 Å². The fraction of sp³-hybridized carbons (Fsp3) is 0.250. The Balaban J connectivity index is 2.37. The number of hydrogen-bond donors (Lipinski definition) is 1. The molecule has 0 saturated carbocycles. The van der Waals surface area contributed by atoms with Gasteiger partial charge in [-0.15, -0.1) is 0 Å². The Kier molecular flexibility index (Phi) is 2.78. The first-order valence-electron chi connectivity index (χ1n) is 4.92. The number of carbonyl (C=O) groups is 1. The molecule has 1 aliphatic rings. The molecule has 0 aliphatic carbocycles. The summed E-state index contributed by atoms with van der Waals surface area (Å²) >= 11 is 5.81. The lowest BCUT2D eigenvalue weighted by molar-refractivity contribution is -0.120. The Morgan fingerprint density at radius 2 is 1.87 bits per heavy atom. The molecule has 0 radical (unpaired) electrons. The summed E-state index contributed by atoms with van der Waals surface area (Å²) in [6.07, 6.45) is 1.42. The Labute approximate surface area is 93.9 Å². The third kappa shape index (κ3) is 2.21. The predicted octanol–water partition coefficient (Wildman–Crippen LogP) is 2.98. The van der Waals surface area contributed by atoms with E-state index in [0.717, 1.165) is 17.7 Å². The predicted molar refractivity (Wildman–Crippen MR) is 61.4 cm³/mol. The molecule has 15 heavy (non-hydrogen) atoms. The summed E-state index contributed by atoms with van der Waals surface area (Å²) < 4.78 is 0. The van der Waals surface area contributed by atoms with Gasteiger partial charge in [0.05, 0.1) is 0 Å². The molecule has 1 N–H and O–H groups in total. The first-order chi connectivity index (χ1) is 7.16. The summed E-state index contributed by atoms with van der Waals surface area (Å²) in [5, 5.41) is 3.61. The van der Waals surface area contributed by atoms with E-state index >= 15 is 0 Å². The van der Waals surface area contributed by atoms with Crippen molar-refractivity contribution in [3.8, 4) is 0 Å². The number of hydrogen-bond acceptors (Lipinski definition) is 1. The molecule has 1 heterocycles. The smallest absolute Gasteiger partial charge is 0.224 e. The molecule has 0 spiro atoms. The van der Waals surface area contributed by atoms with Crippen LogP contribution in [0.15, 0.2) is 29.8 Å². The third-order valence-corrected chi connectivity index (χ3v) is 2.80. The molecule has 0 fully saturated rings. The minimum absolute atomic E-state index is 0.0885. The van der Waals surface area contributed by atoms with Crippen molar-refractivity contribution in [2.45, 2.75) is 19.8 Å². The molecular weight excluding hydrogens is 210 g/mol. The van der Waals surface area contributed by atoms with Crippen LogP contribution in [-0.4, -0.2) is 5.91 Å². The highest BCUT2D eigenvalue weighted by Gasteiger charge is 2.15. The van der Waals surface area contributed by atoms with Gasteiger partial charge < -0.3 is 5.32 Å². The van der Waals surface area contributed by atoms with Crippen LogP contribution >= 0.6 is 11.6 Å². The molecule has 1 aromatic rings. The third-order valence-electron chi connectivity index (χ3n) is 2.55. The molecule has 0 bridgehead atoms. The number of carbonyl (C=O) groups excluding carboxylic acids is 1. The van der Waals surface area contributed by atoms with Crippen molar-refractivity contribution in [3.63, 3.8) is 0 Å². The molecule has 1 aliphatic heterocycles. The SMILES string of the molecule is CC1=C(c2ccc(Cl)cc2)NC(=O)CC1. The molecule has 78 valence electrons. The Hall–Kier alpha value is -1.28. The van der Waals surface area contributed by atoms with E-state index in [-0.39, 0.29) is 5.91 Å². The lowest BCUT2D eigenvalue weighted by Gasteiger charge is -2.19. The second kappa shape index (κ2) is 4.07. The lowest BCUT2D eigenvalue weighted by Crippen LogP contribution is -2.26. The van der Waals surface area contributed by atoms with Gasteiger partial charge in [-0.1, -0.05) is 23.7 Å². The van der Waals surface area contributed by atoms with Gasteiger partial charge in [0.1, 0.15) is 0 Å². The molecule has 0 unspecified atom stereocenters. The molecule has 1 amide bonds. The number of allylic oxidation sites excluding steroid dienone is 1. The van der Waals surface area contributed by atoms with E-state index in [0.29, 0.717) is 11.4 Å². The van der Waals surface area contributed by atoms with Gasteiger partial charge in [0.15, 0.2) is 0 Å². The second-order valence-corrected chi connectivity index (χ2v) is 4.15. The number of amides is 1. The number of nitrogens with one attached hydrogen (secondary N) is 1. The zero-order chi connectivity index (χ0) is 10.8. The maximum Gasteiger partial charge on any atom is 0.224 e. The average Bonchev–Trinajstić information content (AvgIpc) is 2.23. The zero-order valence-electron chi connectivity index (χ0n) is 8.51. The van der Waals surface area contributed by atoms with Crippen molar-refractivity contribution in [1.29, 1.82) is 0 Å². The van der Waals surface area contributed by atoms with Crippen LogP contribution in [0.5, 0.6) is 0 Å². The minimum Gasteiger partial charge on any atom is -0.326 e. The van der Waals surface area contributed by atoms with Crippen LogP contribution < -0.4 is 5.32 Å². The van der Waals surface area contributed by atoms with Crippen LogP contribution in [-0.2, 0) is 4.79 Å². The number of halogens is 1. The quantitative estimate of drug-likeness (QED) is 0.776. The van der Waals surface area contributed by atoms with Crippen LogP contribution in [0.2, 0.25) is 5.02 Å². The van der Waals surface area contributed by atoms with Crippen molar-refractivity contribution in [2.75, 3.05) is 0 Å². The fourth-order valence-electron chi connectivity index (χ4n) is 1.67. The highest BCUT2D eigenvalue weighted by atomic mass is 35.5. The highest BCUT2D eigenvalue weighted by Crippen LogP contribution is 2.24. The van der Waals surface area contributed by atoms with Gasteiger partial charge in [0.2, 0.25) is 5.91 Å². The molecule has 1 aromatic carbocycles. The maximum absolute atomic E-state index is 11.3. The maximum atomic E-state index is 11.3. The van der Waals surface area contributed by atoms with E-state index in [1.54, 1.807) is 0 Å². The zero-order valence-corrected chi connectivity index (χ0v) is 9.27. The minimum atomic E-state index is 0.0885. The molecule has 0 aromatic heterocycles. The van der Waals surface area contributed by atoms with Crippen molar-refractivity contribution in [3.05, 3.63) is 40.4 Å². The van der Waals surface area contributed by atoms with Crippen molar-refractivity contribution in [1.82, 2.24) is 5.32 Å². The summed E-state index contributed by atoms with van der Waals surface area (Å²) in [5.41, 5.74) is 3.17. The van der Waals surface area contributed by atoms with Gasteiger partial charge in [0, 0.05) is 17.1 Å². The standard InChI is InChI=1S/C12H12ClNO/c1-8-2-7-11(15)14-12(8)9-3-5-10(13)6-4-9/h3-6H,2,7H2,1H3,(H,14,15). The molecule has 0 atom stereocenters. The van der Waals surface area contributed by atoms with E-state index in [1.165, 1.54) is 5.57 Å². The van der Waals surface area contributed by atoms with Crippen LogP contribution in [0.4, 0.5) is 0 Å². The van der Waals surface area contributed by atoms with Gasteiger partial charge >= 0.3 is 0 Å². The van der Waals surface area contributed by atoms with E-state index < -0.39 is 0 Å². The van der Waals surface area contributed by atoms with Crippen LogP contribution in [0.3, 0.4) is 0 Å². The Morgan fingerprint density at radius 1 is 1.20 bits per heavy atom. The lowest BCUT2D eigenvalue weighted by atomic mass is 10.00. The Bertz CT molecular complexity index is 420. The first-order valence-corrected chi connectivity index (χ1v) is 5.30. The Morgan fingerprint density at radius 3 is 2.53 bits per heavy atom. The highest BCUT2D eigenvalue weighted by molar-refractivity contribution is 6.30. The van der Waals surface area contributed by atoms with Gasteiger partial charge in [-0.3, -0.25) is 4.79 Å². The van der Waals surface area contributed by atoms with E-state index in [2.05, 4.69) is 5.32 Å². The van der Waals surface area contributed by atoms with Gasteiger partial charge in [0.25, 0.3) is 0 Å². The first kappa shape index (κ1) is 10.2. The summed E-state index contributed by atoms with van der Waals surface area (Å²) in [6, 6.07) is 7.51. The second-order valence-electron chi connectivity index (χ2n) is 3.71. The van der Waals surface area contributed by atoms with Crippen molar-refractivity contribution >= 4 is 23.2 Å². The fourth-order valence-corrected chi connectivity index (χ4v) is 1.80. The molecule has 0 saturated heterocycles. The van der Waals surface area contributed by atoms with E-state index in [9.17, 15) is 4.79 Å². The summed E-state index contributed by atoms with van der Waals surface area (Å²) in [4.78, 5) is 11.3. The topological polar surface area (TPSA) is 29.1 Å². The largest absolute Gasteiger partial charge is 0.326 e. The molecule has 2 nitrogen and oxygen atoms in total. The summed E-state index contributed by atoms with van der Waals surface area (Å²) in [6.45, 7) is 2.05. The van der Waals surface area contributed by atoms with Gasteiger partial charge in [-0.05, 0) is 36.6 Å². The monoisotopic (exact) mass is 221 g/mol. The summed E-state index contributed by atoms with van der Waals surface area (Å²) in [7, 11) is 0. The molecular formula is C12H12ClNO. The normalized spacial score (nSPS) is 16.5. The van der Waals surface area contributed by atoms with Crippen LogP contribution in [0.1, 0.15) is 25.3 Å². The van der Waals surface area contributed by atoms with Crippen LogP contribution in [0.25, 0.3) is 5.70 Å². The van der Waals surface area contributed by atoms with Gasteiger partial charge in [-0.25, -0.2) is 0 Å². The number of rotatable bonds is 1. The van der Waals surface area contributed by atoms with Gasteiger partial charge in [-0.2, -0.15) is 0 Å². The molecule has 3 heteroatoms. The van der Waals surface area contributed by atoms with E-state index in [1.807, 2.05) is 31.2 Å².